The fraction of sp³-hybridized carbons (Fsp3) is 0.520. The lowest BCUT2D eigenvalue weighted by Crippen LogP contribution is -2.07. The van der Waals surface area contributed by atoms with Gasteiger partial charge in [-0.05, 0) is 75.6 Å². The highest BCUT2D eigenvalue weighted by Crippen LogP contribution is 2.35. The van der Waals surface area contributed by atoms with Gasteiger partial charge in [-0.15, -0.1) is 0 Å². The minimum absolute atomic E-state index is 0.435. The second kappa shape index (κ2) is 8.37. The van der Waals surface area contributed by atoms with Crippen molar-refractivity contribution in [2.45, 2.75) is 85.5 Å². The van der Waals surface area contributed by atoms with Crippen LogP contribution < -0.4 is 11.5 Å². The Balaban J connectivity index is 2.51. The normalized spacial score (nSPS) is 12.0. The third-order valence-electron chi connectivity index (χ3n) is 5.41. The van der Waals surface area contributed by atoms with E-state index < -0.39 is 0 Å². The predicted molar refractivity (Wildman–Crippen MR) is 121 cm³/mol. The average molecular weight is 367 g/mol. The summed E-state index contributed by atoms with van der Waals surface area (Å²) in [5, 5.41) is 0. The monoisotopic (exact) mass is 366 g/mol. The molecule has 0 amide bonds. The molecule has 148 valence electrons. The smallest absolute Gasteiger partial charge is 0.0354 e. The molecule has 2 heteroatoms. The van der Waals surface area contributed by atoms with Crippen LogP contribution in [0.2, 0.25) is 0 Å². The molecule has 0 bridgehead atoms. The number of anilines is 2. The van der Waals surface area contributed by atoms with E-state index in [4.69, 9.17) is 11.5 Å². The van der Waals surface area contributed by atoms with E-state index in [1.54, 1.807) is 0 Å². The van der Waals surface area contributed by atoms with Crippen LogP contribution in [0, 0.1) is 0 Å². The van der Waals surface area contributed by atoms with Gasteiger partial charge in [0.05, 0.1) is 0 Å². The van der Waals surface area contributed by atoms with E-state index in [0.717, 1.165) is 17.8 Å². The van der Waals surface area contributed by atoms with E-state index in [1.165, 1.54) is 33.4 Å². The van der Waals surface area contributed by atoms with Crippen molar-refractivity contribution in [3.63, 3.8) is 0 Å². The van der Waals surface area contributed by atoms with Crippen LogP contribution in [0.3, 0.4) is 0 Å². The summed E-state index contributed by atoms with van der Waals surface area (Å²) in [4.78, 5) is 0. The summed E-state index contributed by atoms with van der Waals surface area (Å²) in [5.74, 6) is 1.79. The van der Waals surface area contributed by atoms with Crippen LogP contribution in [-0.2, 0) is 6.42 Å². The molecule has 2 aromatic carbocycles. The zero-order chi connectivity index (χ0) is 20.5. The van der Waals surface area contributed by atoms with Gasteiger partial charge in [-0.2, -0.15) is 0 Å². The number of nitrogen functional groups attached to an aromatic ring is 2. The van der Waals surface area contributed by atoms with Gasteiger partial charge in [-0.25, -0.2) is 0 Å². The number of rotatable bonds is 6. The first-order valence-corrected chi connectivity index (χ1v) is 10.4. The molecule has 0 heterocycles. The Morgan fingerprint density at radius 1 is 0.556 bits per heavy atom. The van der Waals surface area contributed by atoms with Gasteiger partial charge >= 0.3 is 0 Å². The second-order valence-electron chi connectivity index (χ2n) is 9.17. The molecule has 2 nitrogen and oxygen atoms in total. The maximum Gasteiger partial charge on any atom is 0.0354 e. The van der Waals surface area contributed by atoms with Crippen LogP contribution >= 0.6 is 0 Å². The summed E-state index contributed by atoms with van der Waals surface area (Å²) in [7, 11) is 0. The van der Waals surface area contributed by atoms with E-state index in [2.05, 4.69) is 79.7 Å². The third-order valence-corrected chi connectivity index (χ3v) is 5.41. The van der Waals surface area contributed by atoms with Gasteiger partial charge in [-0.3, -0.25) is 0 Å². The van der Waals surface area contributed by atoms with Crippen molar-refractivity contribution in [1.29, 1.82) is 0 Å². The van der Waals surface area contributed by atoms with Crippen LogP contribution in [0.25, 0.3) is 0 Å². The first kappa shape index (κ1) is 21.3. The van der Waals surface area contributed by atoms with Gasteiger partial charge in [0.15, 0.2) is 0 Å². The Labute approximate surface area is 166 Å². The summed E-state index contributed by atoms with van der Waals surface area (Å²) in [5.41, 5.74) is 22.6. The van der Waals surface area contributed by atoms with Crippen molar-refractivity contribution in [2.75, 3.05) is 11.5 Å². The third kappa shape index (κ3) is 4.66. The lowest BCUT2D eigenvalue weighted by Gasteiger charge is -2.22. The highest BCUT2D eigenvalue weighted by atomic mass is 14.6. The van der Waals surface area contributed by atoms with Crippen LogP contribution in [0.15, 0.2) is 24.3 Å². The summed E-state index contributed by atoms with van der Waals surface area (Å²) < 4.78 is 0. The summed E-state index contributed by atoms with van der Waals surface area (Å²) >= 11 is 0. The molecule has 0 aromatic heterocycles. The molecule has 27 heavy (non-hydrogen) atoms. The molecule has 0 fully saturated rings. The van der Waals surface area contributed by atoms with E-state index in [0.29, 0.717) is 23.7 Å². The fourth-order valence-electron chi connectivity index (χ4n) is 4.26. The SMILES string of the molecule is CC(C)c1cc(Cc2cc(N)c(C(C)C)c(C(C)C)c2)cc(N)c1C(C)C. The first-order valence-electron chi connectivity index (χ1n) is 10.4. The molecule has 0 radical (unpaired) electrons. The molecular formula is C25H38N2. The highest BCUT2D eigenvalue weighted by Gasteiger charge is 2.17. The molecule has 4 N–H and O–H groups in total. The minimum Gasteiger partial charge on any atom is -0.398 e. The molecular weight excluding hydrogens is 328 g/mol. The molecule has 0 spiro atoms. The molecule has 0 atom stereocenters. The van der Waals surface area contributed by atoms with E-state index in [-0.39, 0.29) is 0 Å². The van der Waals surface area contributed by atoms with Gasteiger partial charge in [0.1, 0.15) is 0 Å². The largest absolute Gasteiger partial charge is 0.398 e. The van der Waals surface area contributed by atoms with Crippen LogP contribution in [0.5, 0.6) is 0 Å². The lowest BCUT2D eigenvalue weighted by atomic mass is 9.85. The number of hydrogen-bond acceptors (Lipinski definition) is 2. The standard InChI is InChI=1S/C25H38N2/c1-14(2)20-10-18(12-22(26)24(20)16(5)6)9-19-11-21(15(3)4)25(17(7)8)23(27)13-19/h10-17H,9,26-27H2,1-8H3. The average Bonchev–Trinajstić information content (AvgIpc) is 2.52. The van der Waals surface area contributed by atoms with Gasteiger partial charge in [0, 0.05) is 11.4 Å². The van der Waals surface area contributed by atoms with Crippen molar-refractivity contribution in [2.24, 2.45) is 0 Å². The quantitative estimate of drug-likeness (QED) is 0.544. The molecule has 0 saturated carbocycles. The first-order chi connectivity index (χ1) is 12.5. The van der Waals surface area contributed by atoms with E-state index >= 15 is 0 Å². The molecule has 2 rings (SSSR count). The Kier molecular flexibility index (Phi) is 6.62. The highest BCUT2D eigenvalue weighted by molar-refractivity contribution is 5.59. The Morgan fingerprint density at radius 3 is 1.15 bits per heavy atom. The molecule has 2 aromatic rings. The van der Waals surface area contributed by atoms with Crippen LogP contribution in [-0.4, -0.2) is 0 Å². The summed E-state index contributed by atoms with van der Waals surface area (Å²) in [6.07, 6.45) is 0.866. The number of benzene rings is 2. The van der Waals surface area contributed by atoms with Gasteiger partial charge in [-0.1, -0.05) is 67.5 Å². The van der Waals surface area contributed by atoms with Gasteiger partial charge < -0.3 is 11.5 Å². The molecule has 0 saturated heterocycles. The second-order valence-corrected chi connectivity index (χ2v) is 9.17. The Morgan fingerprint density at radius 2 is 0.889 bits per heavy atom. The zero-order valence-corrected chi connectivity index (χ0v) is 18.5. The fourth-order valence-corrected chi connectivity index (χ4v) is 4.26. The zero-order valence-electron chi connectivity index (χ0n) is 18.5. The molecule has 0 aliphatic carbocycles. The molecule has 0 aliphatic rings. The van der Waals surface area contributed by atoms with Crippen molar-refractivity contribution in [3.8, 4) is 0 Å². The van der Waals surface area contributed by atoms with E-state index in [1.807, 2.05) is 0 Å². The molecule has 0 aliphatic heterocycles. The Bertz CT molecular complexity index is 731. The van der Waals surface area contributed by atoms with E-state index in [9.17, 15) is 0 Å². The van der Waals surface area contributed by atoms with Crippen molar-refractivity contribution < 1.29 is 0 Å². The minimum atomic E-state index is 0.435. The summed E-state index contributed by atoms with van der Waals surface area (Å²) in [6, 6.07) is 9.00. The van der Waals surface area contributed by atoms with Crippen molar-refractivity contribution in [1.82, 2.24) is 0 Å². The lowest BCUT2D eigenvalue weighted by molar-refractivity contribution is 0.787. The van der Waals surface area contributed by atoms with Crippen LogP contribution in [0.4, 0.5) is 11.4 Å². The van der Waals surface area contributed by atoms with Crippen LogP contribution in [0.1, 0.15) is 112 Å². The Hall–Kier alpha value is -1.96. The number of nitrogens with two attached hydrogens (primary N) is 2. The topological polar surface area (TPSA) is 52.0 Å². The maximum absolute atomic E-state index is 6.46. The van der Waals surface area contributed by atoms with Gasteiger partial charge in [0.2, 0.25) is 0 Å². The maximum atomic E-state index is 6.46. The van der Waals surface area contributed by atoms with Crippen molar-refractivity contribution in [3.05, 3.63) is 57.6 Å². The van der Waals surface area contributed by atoms with Gasteiger partial charge in [0.25, 0.3) is 0 Å². The van der Waals surface area contributed by atoms with Crippen molar-refractivity contribution >= 4 is 11.4 Å². The summed E-state index contributed by atoms with van der Waals surface area (Å²) in [6.45, 7) is 17.9. The number of hydrogen-bond donors (Lipinski definition) is 2. The molecule has 0 unspecified atom stereocenters. The predicted octanol–water partition coefficient (Wildman–Crippen LogP) is 6.94.